The van der Waals surface area contributed by atoms with Gasteiger partial charge in [0.15, 0.2) is 5.76 Å². The van der Waals surface area contributed by atoms with E-state index < -0.39 is 5.60 Å². The molecule has 0 bridgehead atoms. The van der Waals surface area contributed by atoms with E-state index in [1.54, 1.807) is 19.9 Å². The molecule has 1 aromatic heterocycles. The monoisotopic (exact) mass is 238 g/mol. The van der Waals surface area contributed by atoms with Gasteiger partial charge in [-0.25, -0.2) is 0 Å². The minimum Gasteiger partial charge on any atom is -0.398 e. The van der Waals surface area contributed by atoms with Crippen molar-refractivity contribution in [2.75, 3.05) is 0 Å². The van der Waals surface area contributed by atoms with Crippen LogP contribution in [-0.2, 0) is 5.60 Å². The summed E-state index contributed by atoms with van der Waals surface area (Å²) in [7, 11) is 0. The highest BCUT2D eigenvalue weighted by molar-refractivity contribution is 5.71. The maximum Gasteiger partial charge on any atom is 0.168 e. The molecule has 0 aliphatic carbocycles. The molecule has 4 nitrogen and oxygen atoms in total. The number of hydrogen-bond acceptors (Lipinski definition) is 4. The number of rotatable bonds is 3. The average molecular weight is 238 g/mol. The summed E-state index contributed by atoms with van der Waals surface area (Å²) in [4.78, 5) is 0. The zero-order valence-corrected chi connectivity index (χ0v) is 11.2. The molecule has 1 rings (SSSR count). The Hall–Kier alpha value is -1.55. The van der Waals surface area contributed by atoms with Gasteiger partial charge in [-0.1, -0.05) is 31.7 Å². The van der Waals surface area contributed by atoms with E-state index in [1.165, 1.54) is 6.08 Å². The standard InChI is InChI=1S/C11H16N2O2.C2H6/c1-5-7(12)9-8(6-2)15-13-10(9)11(3,4)14;1-2/h5-6,14H,2,12H2,1,3-4H3;1-2H3/b7-5+;. The van der Waals surface area contributed by atoms with E-state index in [0.717, 1.165) is 0 Å². The van der Waals surface area contributed by atoms with Crippen molar-refractivity contribution in [1.82, 2.24) is 5.16 Å². The zero-order chi connectivity index (χ0) is 13.6. The molecule has 0 aliphatic heterocycles. The van der Waals surface area contributed by atoms with Crippen molar-refractivity contribution in [2.45, 2.75) is 40.2 Å². The number of nitrogens with two attached hydrogens (primary N) is 1. The van der Waals surface area contributed by atoms with Crippen LogP contribution in [0.1, 0.15) is 51.6 Å². The highest BCUT2D eigenvalue weighted by Gasteiger charge is 2.27. The average Bonchev–Trinajstić information content (AvgIpc) is 2.74. The van der Waals surface area contributed by atoms with Crippen LogP contribution < -0.4 is 5.73 Å². The Morgan fingerprint density at radius 3 is 2.35 bits per heavy atom. The summed E-state index contributed by atoms with van der Waals surface area (Å²) in [6.07, 6.45) is 3.25. The molecule has 3 N–H and O–H groups in total. The number of nitrogens with zero attached hydrogens (tertiary/aromatic N) is 1. The minimum absolute atomic E-state index is 0.424. The van der Waals surface area contributed by atoms with E-state index in [0.29, 0.717) is 22.7 Å². The minimum atomic E-state index is -1.09. The largest absolute Gasteiger partial charge is 0.398 e. The number of aromatic nitrogens is 1. The summed E-state index contributed by atoms with van der Waals surface area (Å²) in [6.45, 7) is 12.7. The normalized spacial score (nSPS) is 11.8. The molecule has 0 aromatic carbocycles. The van der Waals surface area contributed by atoms with Crippen LogP contribution in [-0.4, -0.2) is 10.3 Å². The second-order valence-electron chi connectivity index (χ2n) is 3.78. The Balaban J connectivity index is 0.00000121. The van der Waals surface area contributed by atoms with Crippen molar-refractivity contribution < 1.29 is 9.63 Å². The van der Waals surface area contributed by atoms with Crippen molar-refractivity contribution in [3.63, 3.8) is 0 Å². The first-order valence-electron chi connectivity index (χ1n) is 5.69. The van der Waals surface area contributed by atoms with Gasteiger partial charge >= 0.3 is 0 Å². The second-order valence-corrected chi connectivity index (χ2v) is 3.78. The van der Waals surface area contributed by atoms with Gasteiger partial charge in [-0.05, 0) is 26.8 Å². The maximum absolute atomic E-state index is 9.88. The van der Waals surface area contributed by atoms with Crippen LogP contribution in [0.5, 0.6) is 0 Å². The topological polar surface area (TPSA) is 72.3 Å². The van der Waals surface area contributed by atoms with Crippen LogP contribution in [0.4, 0.5) is 0 Å². The van der Waals surface area contributed by atoms with Crippen LogP contribution >= 0.6 is 0 Å². The summed E-state index contributed by atoms with van der Waals surface area (Å²) in [5, 5.41) is 13.7. The van der Waals surface area contributed by atoms with Crippen molar-refractivity contribution >= 4 is 11.8 Å². The fourth-order valence-electron chi connectivity index (χ4n) is 1.28. The lowest BCUT2D eigenvalue weighted by Gasteiger charge is -2.15. The van der Waals surface area contributed by atoms with Crippen LogP contribution in [0.15, 0.2) is 17.2 Å². The quantitative estimate of drug-likeness (QED) is 0.849. The van der Waals surface area contributed by atoms with Crippen LogP contribution in [0.25, 0.3) is 11.8 Å². The Morgan fingerprint density at radius 2 is 2.00 bits per heavy atom. The predicted octanol–water partition coefficient (Wildman–Crippen LogP) is 2.89. The molecule has 4 heteroatoms. The van der Waals surface area contributed by atoms with Gasteiger partial charge in [-0.3, -0.25) is 0 Å². The number of aliphatic hydroxyl groups is 1. The lowest BCUT2D eigenvalue weighted by molar-refractivity contribution is 0.0698. The highest BCUT2D eigenvalue weighted by Crippen LogP contribution is 2.29. The molecule has 0 radical (unpaired) electrons. The predicted molar refractivity (Wildman–Crippen MR) is 71.0 cm³/mol. The smallest absolute Gasteiger partial charge is 0.168 e. The molecule has 0 aliphatic rings. The lowest BCUT2D eigenvalue weighted by atomic mass is 9.97. The zero-order valence-electron chi connectivity index (χ0n) is 11.2. The van der Waals surface area contributed by atoms with Gasteiger partial charge in [0.1, 0.15) is 11.3 Å². The molecule has 0 fully saturated rings. The van der Waals surface area contributed by atoms with Gasteiger partial charge in [-0.2, -0.15) is 0 Å². The number of hydrogen-bond donors (Lipinski definition) is 2. The fourth-order valence-corrected chi connectivity index (χ4v) is 1.28. The molecule has 0 saturated heterocycles. The van der Waals surface area contributed by atoms with E-state index >= 15 is 0 Å². The maximum atomic E-state index is 9.88. The van der Waals surface area contributed by atoms with Crippen molar-refractivity contribution in [3.8, 4) is 0 Å². The lowest BCUT2D eigenvalue weighted by Crippen LogP contribution is -2.19. The van der Waals surface area contributed by atoms with E-state index in [9.17, 15) is 5.11 Å². The molecule has 0 spiro atoms. The van der Waals surface area contributed by atoms with Crippen molar-refractivity contribution in [1.29, 1.82) is 0 Å². The van der Waals surface area contributed by atoms with E-state index in [-0.39, 0.29) is 0 Å². The molecule has 0 unspecified atom stereocenters. The highest BCUT2D eigenvalue weighted by atomic mass is 16.5. The van der Waals surface area contributed by atoms with Crippen LogP contribution in [0.2, 0.25) is 0 Å². The SMILES string of the molecule is C=Cc1onc(C(C)(C)O)c1/C(N)=C\C.CC. The Labute approximate surface area is 103 Å². The molecular formula is C13H22N2O2. The Kier molecular flexibility index (Phi) is 5.68. The second kappa shape index (κ2) is 6.25. The molecule has 0 amide bonds. The number of allylic oxidation sites excluding steroid dienone is 1. The summed E-state index contributed by atoms with van der Waals surface area (Å²) in [6, 6.07) is 0. The molecule has 96 valence electrons. The fraction of sp³-hybridized carbons (Fsp3) is 0.462. The van der Waals surface area contributed by atoms with Gasteiger partial charge in [0.05, 0.1) is 5.56 Å². The summed E-state index contributed by atoms with van der Waals surface area (Å²) >= 11 is 0. The molecule has 0 saturated carbocycles. The summed E-state index contributed by atoms with van der Waals surface area (Å²) in [5.41, 5.74) is 6.28. The first-order valence-corrected chi connectivity index (χ1v) is 5.69. The van der Waals surface area contributed by atoms with Gasteiger partial charge in [0, 0.05) is 5.70 Å². The first-order chi connectivity index (χ1) is 7.91. The van der Waals surface area contributed by atoms with Crippen molar-refractivity contribution in [3.05, 3.63) is 29.7 Å². The molecule has 1 heterocycles. The van der Waals surface area contributed by atoms with Gasteiger partial charge < -0.3 is 15.4 Å². The van der Waals surface area contributed by atoms with Crippen LogP contribution in [0, 0.1) is 0 Å². The molecular weight excluding hydrogens is 216 g/mol. The first kappa shape index (κ1) is 15.4. The van der Waals surface area contributed by atoms with E-state index in [4.69, 9.17) is 10.3 Å². The van der Waals surface area contributed by atoms with Crippen LogP contribution in [0.3, 0.4) is 0 Å². The third-order valence-electron chi connectivity index (χ3n) is 2.08. The summed E-state index contributed by atoms with van der Waals surface area (Å²) in [5.74, 6) is 0.475. The summed E-state index contributed by atoms with van der Waals surface area (Å²) < 4.78 is 5.05. The third kappa shape index (κ3) is 3.46. The van der Waals surface area contributed by atoms with Gasteiger partial charge in [0.25, 0.3) is 0 Å². The Morgan fingerprint density at radius 1 is 1.47 bits per heavy atom. The molecule has 0 atom stereocenters. The molecule has 17 heavy (non-hydrogen) atoms. The molecule has 1 aromatic rings. The van der Waals surface area contributed by atoms with Crippen molar-refractivity contribution in [2.24, 2.45) is 5.73 Å². The third-order valence-corrected chi connectivity index (χ3v) is 2.08. The van der Waals surface area contributed by atoms with E-state index in [1.807, 2.05) is 20.8 Å². The van der Waals surface area contributed by atoms with Gasteiger partial charge in [-0.15, -0.1) is 0 Å². The Bertz CT molecular complexity index is 398. The van der Waals surface area contributed by atoms with Gasteiger partial charge in [0.2, 0.25) is 0 Å². The van der Waals surface area contributed by atoms with E-state index in [2.05, 4.69) is 11.7 Å².